The average molecular weight is 265 g/mol. The second kappa shape index (κ2) is 10.1. The summed E-state index contributed by atoms with van der Waals surface area (Å²) in [6.45, 7) is 5.46. The van der Waals surface area contributed by atoms with E-state index in [2.05, 4.69) is 36.9 Å². The van der Waals surface area contributed by atoms with Crippen LogP contribution in [-0.4, -0.2) is 9.67 Å². The number of unbranched alkanes of at least 4 members (excludes halogenated alkanes) is 6. The summed E-state index contributed by atoms with van der Waals surface area (Å²) in [5.41, 5.74) is 1.07. The van der Waals surface area contributed by atoms with E-state index in [-0.39, 0.29) is 6.10 Å². The summed E-state index contributed by atoms with van der Waals surface area (Å²) < 4.78 is 2.22. The van der Waals surface area contributed by atoms with Gasteiger partial charge in [0, 0.05) is 18.9 Å². The number of rotatable bonds is 11. The van der Waals surface area contributed by atoms with Crippen LogP contribution in [0.5, 0.6) is 0 Å². The minimum absolute atomic E-state index is 0.278. The zero-order chi connectivity index (χ0) is 13.9. The second-order valence-electron chi connectivity index (χ2n) is 5.61. The summed E-state index contributed by atoms with van der Waals surface area (Å²) >= 11 is 0. The van der Waals surface area contributed by atoms with Gasteiger partial charge in [0.05, 0.1) is 6.10 Å². The molecule has 0 spiro atoms. The van der Waals surface area contributed by atoms with Crippen LogP contribution in [0.3, 0.4) is 0 Å². The fourth-order valence-electron chi connectivity index (χ4n) is 2.49. The molecular formula is C17H31NO. The summed E-state index contributed by atoms with van der Waals surface area (Å²) in [5.74, 6) is 0. The zero-order valence-corrected chi connectivity index (χ0v) is 12.8. The molecule has 0 saturated carbocycles. The van der Waals surface area contributed by atoms with Crippen molar-refractivity contribution >= 4 is 0 Å². The SMILES string of the molecule is CCCCCCCCCn1ccc(C(O)CCC)c1. The molecule has 1 rings (SSSR count). The Morgan fingerprint density at radius 2 is 1.68 bits per heavy atom. The third-order valence-corrected chi connectivity index (χ3v) is 3.74. The molecule has 19 heavy (non-hydrogen) atoms. The lowest BCUT2D eigenvalue weighted by molar-refractivity contribution is 0.166. The van der Waals surface area contributed by atoms with E-state index >= 15 is 0 Å². The van der Waals surface area contributed by atoms with Gasteiger partial charge in [0.1, 0.15) is 0 Å². The fraction of sp³-hybridized carbons (Fsp3) is 0.765. The van der Waals surface area contributed by atoms with Crippen molar-refractivity contribution in [2.45, 2.75) is 84.3 Å². The summed E-state index contributed by atoms with van der Waals surface area (Å²) in [7, 11) is 0. The molecule has 1 aromatic heterocycles. The van der Waals surface area contributed by atoms with Gasteiger partial charge in [0.25, 0.3) is 0 Å². The molecule has 1 aromatic rings. The molecule has 0 bridgehead atoms. The van der Waals surface area contributed by atoms with Gasteiger partial charge in [0.2, 0.25) is 0 Å². The van der Waals surface area contributed by atoms with Gasteiger partial charge in [-0.05, 0) is 24.5 Å². The molecule has 0 aliphatic heterocycles. The predicted molar refractivity (Wildman–Crippen MR) is 82.3 cm³/mol. The van der Waals surface area contributed by atoms with Crippen molar-refractivity contribution in [1.82, 2.24) is 4.57 Å². The predicted octanol–water partition coefficient (Wildman–Crippen LogP) is 5.07. The molecule has 110 valence electrons. The molecule has 0 radical (unpaired) electrons. The lowest BCUT2D eigenvalue weighted by Gasteiger charge is -2.06. The molecule has 1 heterocycles. The zero-order valence-electron chi connectivity index (χ0n) is 12.8. The van der Waals surface area contributed by atoms with Crippen molar-refractivity contribution in [2.24, 2.45) is 0 Å². The maximum atomic E-state index is 9.91. The maximum absolute atomic E-state index is 9.91. The average Bonchev–Trinajstić information content (AvgIpc) is 2.87. The molecule has 0 saturated heterocycles. The third-order valence-electron chi connectivity index (χ3n) is 3.74. The molecule has 2 nitrogen and oxygen atoms in total. The number of hydrogen-bond donors (Lipinski definition) is 1. The van der Waals surface area contributed by atoms with Crippen LogP contribution in [0, 0.1) is 0 Å². The monoisotopic (exact) mass is 265 g/mol. The Bertz CT molecular complexity index is 319. The molecule has 1 N–H and O–H groups in total. The first kappa shape index (κ1) is 16.3. The van der Waals surface area contributed by atoms with Crippen LogP contribution in [0.2, 0.25) is 0 Å². The largest absolute Gasteiger partial charge is 0.388 e. The highest BCUT2D eigenvalue weighted by Gasteiger charge is 2.07. The number of aryl methyl sites for hydroxylation is 1. The molecule has 1 atom stereocenters. The Kier molecular flexibility index (Phi) is 8.64. The smallest absolute Gasteiger partial charge is 0.0804 e. The lowest BCUT2D eigenvalue weighted by atomic mass is 10.1. The highest BCUT2D eigenvalue weighted by molar-refractivity contribution is 5.13. The molecular weight excluding hydrogens is 234 g/mol. The first-order valence-corrected chi connectivity index (χ1v) is 8.11. The Hall–Kier alpha value is -0.760. The Labute approximate surface area is 118 Å². The van der Waals surface area contributed by atoms with Gasteiger partial charge < -0.3 is 9.67 Å². The number of hydrogen-bond acceptors (Lipinski definition) is 1. The van der Waals surface area contributed by atoms with E-state index < -0.39 is 0 Å². The van der Waals surface area contributed by atoms with Gasteiger partial charge in [-0.1, -0.05) is 58.8 Å². The molecule has 0 amide bonds. The summed E-state index contributed by atoms with van der Waals surface area (Å²) in [4.78, 5) is 0. The minimum atomic E-state index is -0.278. The highest BCUT2D eigenvalue weighted by Crippen LogP contribution is 2.18. The van der Waals surface area contributed by atoms with Crippen molar-refractivity contribution in [3.05, 3.63) is 24.0 Å². The van der Waals surface area contributed by atoms with E-state index in [9.17, 15) is 5.11 Å². The third kappa shape index (κ3) is 6.81. The van der Waals surface area contributed by atoms with Gasteiger partial charge in [0.15, 0.2) is 0 Å². The van der Waals surface area contributed by atoms with Crippen LogP contribution in [0.15, 0.2) is 18.5 Å². The van der Waals surface area contributed by atoms with Crippen LogP contribution >= 0.6 is 0 Å². The highest BCUT2D eigenvalue weighted by atomic mass is 16.3. The van der Waals surface area contributed by atoms with Crippen molar-refractivity contribution < 1.29 is 5.11 Å². The Balaban J connectivity index is 2.13. The van der Waals surface area contributed by atoms with E-state index in [4.69, 9.17) is 0 Å². The van der Waals surface area contributed by atoms with Gasteiger partial charge >= 0.3 is 0 Å². The van der Waals surface area contributed by atoms with E-state index in [1.165, 1.54) is 44.9 Å². The fourth-order valence-corrected chi connectivity index (χ4v) is 2.49. The summed E-state index contributed by atoms with van der Waals surface area (Å²) in [5, 5.41) is 9.91. The van der Waals surface area contributed by atoms with E-state index in [1.54, 1.807) is 0 Å². The van der Waals surface area contributed by atoms with Gasteiger partial charge in [-0.2, -0.15) is 0 Å². The van der Waals surface area contributed by atoms with Crippen LogP contribution in [0.25, 0.3) is 0 Å². The van der Waals surface area contributed by atoms with Crippen molar-refractivity contribution in [2.75, 3.05) is 0 Å². The minimum Gasteiger partial charge on any atom is -0.388 e. The normalized spacial score (nSPS) is 12.8. The molecule has 0 fully saturated rings. The van der Waals surface area contributed by atoms with E-state index in [1.807, 2.05) is 0 Å². The molecule has 1 unspecified atom stereocenters. The van der Waals surface area contributed by atoms with Crippen LogP contribution in [-0.2, 0) is 6.54 Å². The topological polar surface area (TPSA) is 25.2 Å². The first-order chi connectivity index (χ1) is 9.27. The van der Waals surface area contributed by atoms with Crippen molar-refractivity contribution in [1.29, 1.82) is 0 Å². The first-order valence-electron chi connectivity index (χ1n) is 8.11. The number of aliphatic hydroxyl groups excluding tert-OH is 1. The van der Waals surface area contributed by atoms with Gasteiger partial charge in [-0.3, -0.25) is 0 Å². The van der Waals surface area contributed by atoms with Gasteiger partial charge in [-0.15, -0.1) is 0 Å². The standard InChI is InChI=1S/C17H31NO/c1-3-5-6-7-8-9-10-13-18-14-12-16(15-18)17(19)11-4-2/h12,14-15,17,19H,3-11,13H2,1-2H3. The number of aromatic nitrogens is 1. The number of aliphatic hydroxyl groups is 1. The van der Waals surface area contributed by atoms with E-state index in [0.29, 0.717) is 0 Å². The van der Waals surface area contributed by atoms with Crippen molar-refractivity contribution in [3.63, 3.8) is 0 Å². The van der Waals surface area contributed by atoms with Gasteiger partial charge in [-0.25, -0.2) is 0 Å². The summed E-state index contributed by atoms with van der Waals surface area (Å²) in [6.07, 6.45) is 15.3. The van der Waals surface area contributed by atoms with Crippen LogP contribution in [0.4, 0.5) is 0 Å². The quantitative estimate of drug-likeness (QED) is 0.555. The molecule has 0 aliphatic rings. The summed E-state index contributed by atoms with van der Waals surface area (Å²) in [6, 6.07) is 2.06. The number of nitrogens with zero attached hydrogens (tertiary/aromatic N) is 1. The molecule has 0 aliphatic carbocycles. The maximum Gasteiger partial charge on any atom is 0.0804 e. The van der Waals surface area contributed by atoms with Crippen molar-refractivity contribution in [3.8, 4) is 0 Å². The second-order valence-corrected chi connectivity index (χ2v) is 5.61. The van der Waals surface area contributed by atoms with E-state index in [0.717, 1.165) is 24.9 Å². The lowest BCUT2D eigenvalue weighted by Crippen LogP contribution is -1.97. The van der Waals surface area contributed by atoms with Crippen LogP contribution < -0.4 is 0 Å². The molecule has 2 heteroatoms. The van der Waals surface area contributed by atoms with Crippen LogP contribution in [0.1, 0.15) is 83.3 Å². The Morgan fingerprint density at radius 1 is 1.00 bits per heavy atom. The Morgan fingerprint density at radius 3 is 2.37 bits per heavy atom. The molecule has 0 aromatic carbocycles.